The van der Waals surface area contributed by atoms with Crippen LogP contribution in [0.25, 0.3) is 0 Å². The smallest absolute Gasteiger partial charge is 0.305 e. The highest BCUT2D eigenvalue weighted by molar-refractivity contribution is 5.69. The van der Waals surface area contributed by atoms with E-state index in [0.717, 1.165) is 32.1 Å². The van der Waals surface area contributed by atoms with E-state index in [1.54, 1.807) is 0 Å². The number of hydrogen-bond donors (Lipinski definition) is 0. The Morgan fingerprint density at radius 3 is 1.44 bits per heavy atom. The van der Waals surface area contributed by atoms with Gasteiger partial charge in [0.15, 0.2) is 0 Å². The summed E-state index contributed by atoms with van der Waals surface area (Å²) in [6.07, 6.45) is 38.6. The summed E-state index contributed by atoms with van der Waals surface area (Å²) in [4.78, 5) is 11.8. The van der Waals surface area contributed by atoms with Gasteiger partial charge in [0.25, 0.3) is 0 Å². The van der Waals surface area contributed by atoms with Crippen molar-refractivity contribution < 1.29 is 9.53 Å². The predicted octanol–water partition coefficient (Wildman–Crippen LogP) is 9.82. The molecule has 0 bridgehead atoms. The number of carbonyl (C=O) groups excluding carboxylic acids is 1. The van der Waals surface area contributed by atoms with E-state index in [4.69, 9.17) is 4.74 Å². The van der Waals surface area contributed by atoms with Crippen molar-refractivity contribution in [2.45, 2.75) is 129 Å². The van der Waals surface area contributed by atoms with Crippen LogP contribution in [-0.2, 0) is 9.53 Å². The van der Waals surface area contributed by atoms with Gasteiger partial charge in [0.1, 0.15) is 0 Å². The van der Waals surface area contributed by atoms with E-state index in [1.807, 2.05) is 0 Å². The third-order valence-corrected chi connectivity index (χ3v) is 5.52. The van der Waals surface area contributed by atoms with E-state index in [0.29, 0.717) is 13.0 Å². The minimum absolute atomic E-state index is 0.00202. The molecule has 2 nitrogen and oxygen atoms in total. The maximum Gasteiger partial charge on any atom is 0.305 e. The van der Waals surface area contributed by atoms with Gasteiger partial charge >= 0.3 is 5.97 Å². The molecule has 0 rings (SSSR count). The largest absolute Gasteiger partial charge is 0.466 e. The molecule has 0 aliphatic rings. The second kappa shape index (κ2) is 27.5. The molecule has 0 heterocycles. The van der Waals surface area contributed by atoms with Crippen molar-refractivity contribution in [1.29, 1.82) is 0 Å². The van der Waals surface area contributed by atoms with Crippen LogP contribution in [0.15, 0.2) is 48.6 Å². The van der Waals surface area contributed by atoms with Gasteiger partial charge in [-0.1, -0.05) is 120 Å². The molecule has 2 heteroatoms. The molecule has 0 aromatic heterocycles. The van der Waals surface area contributed by atoms with E-state index in [-0.39, 0.29) is 5.97 Å². The summed E-state index contributed by atoms with van der Waals surface area (Å²) in [5.74, 6) is -0.00202. The highest BCUT2D eigenvalue weighted by Gasteiger charge is 2.02. The van der Waals surface area contributed by atoms with E-state index >= 15 is 0 Å². The van der Waals surface area contributed by atoms with Gasteiger partial charge in [-0.2, -0.15) is 0 Å². The monoisotopic (exact) mass is 444 g/mol. The maximum absolute atomic E-state index is 11.8. The third kappa shape index (κ3) is 26.5. The Bertz CT molecular complexity index is 455. The molecule has 0 unspecified atom stereocenters. The molecule has 184 valence electrons. The molecule has 0 aromatic rings. The molecule has 0 aromatic carbocycles. The standard InChI is InChI=1S/C30H52O2/c1-3-5-7-9-11-13-15-17-18-20-22-24-26-28-30(31)32-29-27-25-23-21-19-16-14-12-10-8-6-4-2/h5-12H,3-4,13-29H2,1-2H3/b7-5-,8-6-,11-9-,12-10-. The molecule has 32 heavy (non-hydrogen) atoms. The summed E-state index contributed by atoms with van der Waals surface area (Å²) in [5.41, 5.74) is 0. The summed E-state index contributed by atoms with van der Waals surface area (Å²) in [6, 6.07) is 0. The molecule has 0 atom stereocenters. The first-order valence-electron chi connectivity index (χ1n) is 13.6. The second-order valence-electron chi connectivity index (χ2n) is 8.67. The topological polar surface area (TPSA) is 26.3 Å². The molecule has 0 radical (unpaired) electrons. The van der Waals surface area contributed by atoms with Crippen molar-refractivity contribution in [3.05, 3.63) is 48.6 Å². The summed E-state index contributed by atoms with van der Waals surface area (Å²) in [5, 5.41) is 0. The van der Waals surface area contributed by atoms with Crippen LogP contribution >= 0.6 is 0 Å². The zero-order chi connectivity index (χ0) is 23.4. The molecule has 0 amide bonds. The Morgan fingerprint density at radius 2 is 0.938 bits per heavy atom. The first-order valence-corrected chi connectivity index (χ1v) is 13.6. The van der Waals surface area contributed by atoms with Gasteiger partial charge in [-0.25, -0.2) is 0 Å². The number of allylic oxidation sites excluding steroid dienone is 8. The SMILES string of the molecule is CC/C=C\C=C/CCCCCCCCCC(=O)OCCCCCCCC/C=C\C=C/CC. The fourth-order valence-corrected chi connectivity index (χ4v) is 3.52. The number of unbranched alkanes of at least 4 members (excludes halogenated alkanes) is 13. The minimum Gasteiger partial charge on any atom is -0.466 e. The molecular formula is C30H52O2. The predicted molar refractivity (Wildman–Crippen MR) is 142 cm³/mol. The van der Waals surface area contributed by atoms with Crippen molar-refractivity contribution in [2.24, 2.45) is 0 Å². The summed E-state index contributed by atoms with van der Waals surface area (Å²) in [6.45, 7) is 4.92. The van der Waals surface area contributed by atoms with Gasteiger partial charge in [0.05, 0.1) is 6.61 Å². The normalized spacial score (nSPS) is 12.2. The summed E-state index contributed by atoms with van der Waals surface area (Å²) < 4.78 is 5.38. The Hall–Kier alpha value is -1.57. The van der Waals surface area contributed by atoms with Gasteiger partial charge in [0.2, 0.25) is 0 Å². The van der Waals surface area contributed by atoms with Gasteiger partial charge in [0, 0.05) is 6.42 Å². The van der Waals surface area contributed by atoms with Crippen LogP contribution in [0.1, 0.15) is 129 Å². The van der Waals surface area contributed by atoms with Crippen LogP contribution in [-0.4, -0.2) is 12.6 Å². The zero-order valence-electron chi connectivity index (χ0n) is 21.4. The van der Waals surface area contributed by atoms with Crippen LogP contribution in [0.3, 0.4) is 0 Å². The average Bonchev–Trinajstić information content (AvgIpc) is 2.80. The lowest BCUT2D eigenvalue weighted by Crippen LogP contribution is -2.05. The first kappa shape index (κ1) is 30.4. The van der Waals surface area contributed by atoms with E-state index in [1.165, 1.54) is 77.0 Å². The Labute approximate surface area is 200 Å². The van der Waals surface area contributed by atoms with Crippen LogP contribution < -0.4 is 0 Å². The second-order valence-corrected chi connectivity index (χ2v) is 8.67. The molecule has 0 N–H and O–H groups in total. The fourth-order valence-electron chi connectivity index (χ4n) is 3.52. The molecule has 0 saturated carbocycles. The van der Waals surface area contributed by atoms with Crippen LogP contribution in [0.4, 0.5) is 0 Å². The Kier molecular flexibility index (Phi) is 26.1. The number of esters is 1. The minimum atomic E-state index is -0.00202. The number of carbonyl (C=O) groups is 1. The first-order chi connectivity index (χ1) is 15.8. The lowest BCUT2D eigenvalue weighted by atomic mass is 10.1. The van der Waals surface area contributed by atoms with E-state index in [2.05, 4.69) is 62.5 Å². The molecule has 0 aliphatic carbocycles. The lowest BCUT2D eigenvalue weighted by Gasteiger charge is -2.05. The van der Waals surface area contributed by atoms with Gasteiger partial charge in [-0.3, -0.25) is 4.79 Å². The van der Waals surface area contributed by atoms with Crippen LogP contribution in [0.5, 0.6) is 0 Å². The van der Waals surface area contributed by atoms with Crippen molar-refractivity contribution in [1.82, 2.24) is 0 Å². The lowest BCUT2D eigenvalue weighted by molar-refractivity contribution is -0.143. The van der Waals surface area contributed by atoms with Crippen LogP contribution in [0, 0.1) is 0 Å². The molecule has 0 aliphatic heterocycles. The molecule has 0 saturated heterocycles. The molecule has 0 spiro atoms. The van der Waals surface area contributed by atoms with E-state index in [9.17, 15) is 4.79 Å². The van der Waals surface area contributed by atoms with Crippen molar-refractivity contribution in [2.75, 3.05) is 6.61 Å². The number of ether oxygens (including phenoxy) is 1. The van der Waals surface area contributed by atoms with Gasteiger partial charge in [-0.15, -0.1) is 0 Å². The van der Waals surface area contributed by atoms with E-state index < -0.39 is 0 Å². The number of rotatable bonds is 23. The van der Waals surface area contributed by atoms with Gasteiger partial charge in [-0.05, 0) is 51.4 Å². The third-order valence-electron chi connectivity index (χ3n) is 5.52. The molecule has 0 fully saturated rings. The quantitative estimate of drug-likeness (QED) is 0.0890. The zero-order valence-corrected chi connectivity index (χ0v) is 21.4. The van der Waals surface area contributed by atoms with Crippen molar-refractivity contribution in [3.8, 4) is 0 Å². The van der Waals surface area contributed by atoms with Gasteiger partial charge < -0.3 is 4.74 Å². The summed E-state index contributed by atoms with van der Waals surface area (Å²) in [7, 11) is 0. The number of hydrogen-bond acceptors (Lipinski definition) is 2. The average molecular weight is 445 g/mol. The Morgan fingerprint density at radius 1 is 0.531 bits per heavy atom. The van der Waals surface area contributed by atoms with Crippen LogP contribution in [0.2, 0.25) is 0 Å². The fraction of sp³-hybridized carbons (Fsp3) is 0.700. The van der Waals surface area contributed by atoms with Crippen molar-refractivity contribution >= 4 is 5.97 Å². The maximum atomic E-state index is 11.8. The van der Waals surface area contributed by atoms with Crippen molar-refractivity contribution in [3.63, 3.8) is 0 Å². The highest BCUT2D eigenvalue weighted by Crippen LogP contribution is 2.11. The highest BCUT2D eigenvalue weighted by atomic mass is 16.5. The molecular weight excluding hydrogens is 392 g/mol. The summed E-state index contributed by atoms with van der Waals surface area (Å²) >= 11 is 0. The Balaban J connectivity index is 3.25.